The van der Waals surface area contributed by atoms with Gasteiger partial charge in [0.15, 0.2) is 0 Å². The summed E-state index contributed by atoms with van der Waals surface area (Å²) in [6.07, 6.45) is 6.82. The highest BCUT2D eigenvalue weighted by atomic mass is 32.2. The first-order valence-corrected chi connectivity index (χ1v) is 8.67. The van der Waals surface area contributed by atoms with E-state index in [1.165, 1.54) is 53.9 Å². The largest absolute Gasteiger partial charge is 0.126 e. The fourth-order valence-corrected chi connectivity index (χ4v) is 3.18. The van der Waals surface area contributed by atoms with Crippen LogP contribution < -0.4 is 0 Å². The third-order valence-electron chi connectivity index (χ3n) is 3.48. The maximum Gasteiger partial charge on any atom is 0.00723 e. The van der Waals surface area contributed by atoms with Crippen LogP contribution in [0.3, 0.4) is 0 Å². The van der Waals surface area contributed by atoms with Crippen molar-refractivity contribution in [2.75, 3.05) is 5.75 Å². The number of benzene rings is 2. The third-order valence-corrected chi connectivity index (χ3v) is 4.58. The molecule has 0 bridgehead atoms. The van der Waals surface area contributed by atoms with Gasteiger partial charge >= 0.3 is 0 Å². The van der Waals surface area contributed by atoms with Crippen molar-refractivity contribution in [1.82, 2.24) is 0 Å². The Labute approximate surface area is 127 Å². The first-order valence-electron chi connectivity index (χ1n) is 7.68. The molecule has 106 valence electrons. The van der Waals surface area contributed by atoms with Gasteiger partial charge in [-0.15, -0.1) is 11.8 Å². The number of rotatable bonds is 8. The predicted octanol–water partition coefficient (Wildman–Crippen LogP) is 6.42. The van der Waals surface area contributed by atoms with Crippen molar-refractivity contribution in [2.45, 2.75) is 43.9 Å². The van der Waals surface area contributed by atoms with Gasteiger partial charge in [0, 0.05) is 4.90 Å². The van der Waals surface area contributed by atoms with E-state index in [-0.39, 0.29) is 0 Å². The molecule has 0 aliphatic rings. The molecule has 2 rings (SSSR count). The Morgan fingerprint density at radius 1 is 0.700 bits per heavy atom. The summed E-state index contributed by atoms with van der Waals surface area (Å²) in [5.41, 5.74) is 2.60. The molecule has 2 aromatic rings. The van der Waals surface area contributed by atoms with Crippen molar-refractivity contribution in [3.05, 3.63) is 54.6 Å². The van der Waals surface area contributed by atoms with E-state index in [9.17, 15) is 0 Å². The first-order chi connectivity index (χ1) is 9.90. The molecule has 0 amide bonds. The van der Waals surface area contributed by atoms with Crippen LogP contribution in [-0.4, -0.2) is 5.75 Å². The molecule has 2 aromatic carbocycles. The maximum absolute atomic E-state index is 2.27. The van der Waals surface area contributed by atoms with E-state index in [1.54, 1.807) is 0 Å². The standard InChI is InChI=1S/C19H24S/c1-2-3-4-5-9-16-20-19-14-12-18(13-15-19)17-10-7-6-8-11-17/h6-8,10-15H,2-5,9,16H2,1H3. The molecule has 0 heterocycles. The van der Waals surface area contributed by atoms with Crippen molar-refractivity contribution in [2.24, 2.45) is 0 Å². The Morgan fingerprint density at radius 3 is 2.05 bits per heavy atom. The first kappa shape index (κ1) is 15.2. The second-order valence-electron chi connectivity index (χ2n) is 5.15. The quantitative estimate of drug-likeness (QED) is 0.398. The molecule has 0 aromatic heterocycles. The van der Waals surface area contributed by atoms with E-state index in [4.69, 9.17) is 0 Å². The molecule has 0 saturated heterocycles. The summed E-state index contributed by atoms with van der Waals surface area (Å²) in [6, 6.07) is 19.5. The van der Waals surface area contributed by atoms with Crippen molar-refractivity contribution in [1.29, 1.82) is 0 Å². The molecule has 20 heavy (non-hydrogen) atoms. The highest BCUT2D eigenvalue weighted by Crippen LogP contribution is 2.24. The second-order valence-corrected chi connectivity index (χ2v) is 6.32. The fourth-order valence-electron chi connectivity index (χ4n) is 2.27. The minimum absolute atomic E-state index is 1.24. The summed E-state index contributed by atoms with van der Waals surface area (Å²) in [4.78, 5) is 1.39. The molecule has 0 unspecified atom stereocenters. The zero-order valence-electron chi connectivity index (χ0n) is 12.3. The fraction of sp³-hybridized carbons (Fsp3) is 0.368. The van der Waals surface area contributed by atoms with Gasteiger partial charge in [-0.05, 0) is 35.4 Å². The highest BCUT2D eigenvalue weighted by Gasteiger charge is 1.98. The number of hydrogen-bond acceptors (Lipinski definition) is 1. The van der Waals surface area contributed by atoms with E-state index < -0.39 is 0 Å². The van der Waals surface area contributed by atoms with E-state index >= 15 is 0 Å². The Kier molecular flexibility index (Phi) is 6.73. The molecule has 1 heteroatoms. The minimum Gasteiger partial charge on any atom is -0.126 e. The van der Waals surface area contributed by atoms with Crippen LogP contribution in [0.5, 0.6) is 0 Å². The maximum atomic E-state index is 2.27. The lowest BCUT2D eigenvalue weighted by Crippen LogP contribution is -1.82. The average Bonchev–Trinajstić information content (AvgIpc) is 2.52. The lowest BCUT2D eigenvalue weighted by molar-refractivity contribution is 0.659. The number of unbranched alkanes of at least 4 members (excludes halogenated alkanes) is 4. The lowest BCUT2D eigenvalue weighted by atomic mass is 10.1. The van der Waals surface area contributed by atoms with E-state index in [1.807, 2.05) is 11.8 Å². The zero-order chi connectivity index (χ0) is 14.0. The Bertz CT molecular complexity index is 473. The summed E-state index contributed by atoms with van der Waals surface area (Å²) in [5, 5.41) is 0. The second kappa shape index (κ2) is 8.86. The monoisotopic (exact) mass is 284 g/mol. The van der Waals surface area contributed by atoms with E-state index in [0.29, 0.717) is 0 Å². The average molecular weight is 284 g/mol. The highest BCUT2D eigenvalue weighted by molar-refractivity contribution is 7.99. The number of hydrogen-bond donors (Lipinski definition) is 0. The molecule has 0 atom stereocenters. The van der Waals surface area contributed by atoms with Crippen LogP contribution in [0.1, 0.15) is 39.0 Å². The Morgan fingerprint density at radius 2 is 1.35 bits per heavy atom. The van der Waals surface area contributed by atoms with E-state index in [2.05, 4.69) is 61.5 Å². The Balaban J connectivity index is 1.77. The zero-order valence-corrected chi connectivity index (χ0v) is 13.2. The summed E-state index contributed by atoms with van der Waals surface area (Å²) in [7, 11) is 0. The van der Waals surface area contributed by atoms with Crippen LogP contribution in [0.25, 0.3) is 11.1 Å². The lowest BCUT2D eigenvalue weighted by Gasteiger charge is -2.04. The van der Waals surface area contributed by atoms with Crippen LogP contribution in [-0.2, 0) is 0 Å². The number of thioether (sulfide) groups is 1. The van der Waals surface area contributed by atoms with Crippen molar-refractivity contribution >= 4 is 11.8 Å². The molecule has 0 spiro atoms. The van der Waals surface area contributed by atoms with Gasteiger partial charge in [-0.1, -0.05) is 75.1 Å². The SMILES string of the molecule is CCCCCCCSc1ccc(-c2ccccc2)cc1. The van der Waals surface area contributed by atoms with Crippen LogP contribution >= 0.6 is 11.8 Å². The smallest absolute Gasteiger partial charge is 0.00723 e. The van der Waals surface area contributed by atoms with Gasteiger partial charge in [0.25, 0.3) is 0 Å². The van der Waals surface area contributed by atoms with Gasteiger partial charge in [-0.25, -0.2) is 0 Å². The van der Waals surface area contributed by atoms with Gasteiger partial charge in [-0.2, -0.15) is 0 Å². The third kappa shape index (κ3) is 5.05. The molecule has 0 radical (unpaired) electrons. The summed E-state index contributed by atoms with van der Waals surface area (Å²) in [5.74, 6) is 1.24. The topological polar surface area (TPSA) is 0 Å². The Hall–Kier alpha value is -1.21. The van der Waals surface area contributed by atoms with Crippen molar-refractivity contribution in [3.63, 3.8) is 0 Å². The molecule has 0 aliphatic heterocycles. The summed E-state index contributed by atoms with van der Waals surface area (Å²) in [6.45, 7) is 2.27. The summed E-state index contributed by atoms with van der Waals surface area (Å²) < 4.78 is 0. The van der Waals surface area contributed by atoms with Gasteiger partial charge < -0.3 is 0 Å². The molecule has 0 saturated carbocycles. The minimum atomic E-state index is 1.24. The van der Waals surface area contributed by atoms with Gasteiger partial charge in [0.2, 0.25) is 0 Å². The molecule has 0 aliphatic carbocycles. The van der Waals surface area contributed by atoms with Crippen LogP contribution in [0, 0.1) is 0 Å². The predicted molar refractivity (Wildman–Crippen MR) is 91.4 cm³/mol. The molecule has 0 N–H and O–H groups in total. The summed E-state index contributed by atoms with van der Waals surface area (Å²) >= 11 is 1.98. The molecule has 0 nitrogen and oxygen atoms in total. The van der Waals surface area contributed by atoms with E-state index in [0.717, 1.165) is 0 Å². The molecular weight excluding hydrogens is 260 g/mol. The van der Waals surface area contributed by atoms with Crippen molar-refractivity contribution in [3.8, 4) is 11.1 Å². The van der Waals surface area contributed by atoms with Gasteiger partial charge in [0.1, 0.15) is 0 Å². The van der Waals surface area contributed by atoms with Crippen LogP contribution in [0.2, 0.25) is 0 Å². The van der Waals surface area contributed by atoms with Gasteiger partial charge in [0.05, 0.1) is 0 Å². The van der Waals surface area contributed by atoms with Crippen molar-refractivity contribution < 1.29 is 0 Å². The van der Waals surface area contributed by atoms with Crippen LogP contribution in [0.4, 0.5) is 0 Å². The van der Waals surface area contributed by atoms with Gasteiger partial charge in [-0.3, -0.25) is 0 Å². The molecular formula is C19H24S. The molecule has 0 fully saturated rings. The van der Waals surface area contributed by atoms with Crippen LogP contribution in [0.15, 0.2) is 59.5 Å². The normalized spacial score (nSPS) is 10.7.